The third kappa shape index (κ3) is 11.9. The van der Waals surface area contributed by atoms with Crippen LogP contribution in [-0.4, -0.2) is 55.7 Å². The van der Waals surface area contributed by atoms with E-state index in [4.69, 9.17) is 4.74 Å². The first-order valence-electron chi connectivity index (χ1n) is 10.9. The molecule has 10 heteroatoms. The van der Waals surface area contributed by atoms with Gasteiger partial charge in [0.1, 0.15) is 6.61 Å². The number of guanidine groups is 1. The number of likely N-dealkylation sites (tertiary alicyclic amines) is 1. The van der Waals surface area contributed by atoms with Crippen molar-refractivity contribution < 1.29 is 22.7 Å². The van der Waals surface area contributed by atoms with Crippen molar-refractivity contribution >= 4 is 35.8 Å². The van der Waals surface area contributed by atoms with Crippen molar-refractivity contribution in [1.29, 1.82) is 0 Å². The second-order valence-electron chi connectivity index (χ2n) is 7.59. The van der Waals surface area contributed by atoms with E-state index in [0.717, 1.165) is 44.3 Å². The molecule has 2 rings (SSSR count). The van der Waals surface area contributed by atoms with E-state index in [0.29, 0.717) is 37.6 Å². The Balaban J connectivity index is 0.00000512. The Kier molecular flexibility index (Phi) is 13.6. The first kappa shape index (κ1) is 28.5. The Morgan fingerprint density at radius 1 is 1.19 bits per heavy atom. The van der Waals surface area contributed by atoms with Gasteiger partial charge in [-0.2, -0.15) is 13.2 Å². The number of halogens is 4. The molecule has 0 aromatic heterocycles. The van der Waals surface area contributed by atoms with E-state index in [9.17, 15) is 18.0 Å². The molecule has 1 aliphatic heterocycles. The van der Waals surface area contributed by atoms with Gasteiger partial charge in [-0.3, -0.25) is 4.79 Å². The number of ether oxygens (including phenoxy) is 1. The highest BCUT2D eigenvalue weighted by atomic mass is 127. The number of benzene rings is 1. The van der Waals surface area contributed by atoms with Crippen LogP contribution in [0.15, 0.2) is 29.3 Å². The number of aliphatic imine (C=N–C) groups is 1. The largest absolute Gasteiger partial charge is 0.411 e. The van der Waals surface area contributed by atoms with E-state index >= 15 is 0 Å². The quantitative estimate of drug-likeness (QED) is 0.191. The Bertz CT molecular complexity index is 717. The summed E-state index contributed by atoms with van der Waals surface area (Å²) < 4.78 is 41.4. The molecule has 1 aromatic rings. The maximum Gasteiger partial charge on any atom is 0.411 e. The lowest BCUT2D eigenvalue weighted by molar-refractivity contribution is -0.176. The number of carbonyl (C=O) groups excluding carboxylic acids is 1. The van der Waals surface area contributed by atoms with Crippen LogP contribution in [0.3, 0.4) is 0 Å². The molecule has 0 saturated carbocycles. The molecule has 1 fully saturated rings. The fourth-order valence-electron chi connectivity index (χ4n) is 3.37. The maximum absolute atomic E-state index is 12.2. The molecule has 1 saturated heterocycles. The lowest BCUT2D eigenvalue weighted by Gasteiger charge is -2.20. The average Bonchev–Trinajstić information content (AvgIpc) is 2.92. The number of carbonyl (C=O) groups is 1. The summed E-state index contributed by atoms with van der Waals surface area (Å²) in [6, 6.07) is 7.20. The van der Waals surface area contributed by atoms with Crippen molar-refractivity contribution in [3.8, 4) is 0 Å². The van der Waals surface area contributed by atoms with Crippen molar-refractivity contribution in [3.63, 3.8) is 0 Å². The summed E-state index contributed by atoms with van der Waals surface area (Å²) in [5, 5.41) is 6.46. The monoisotopic (exact) mass is 570 g/mol. The first-order valence-corrected chi connectivity index (χ1v) is 10.9. The summed E-state index contributed by atoms with van der Waals surface area (Å²) in [4.78, 5) is 18.6. The smallest absolute Gasteiger partial charge is 0.367 e. The minimum Gasteiger partial charge on any atom is -0.367 e. The number of nitrogens with one attached hydrogen (secondary N) is 2. The van der Waals surface area contributed by atoms with Crippen molar-refractivity contribution in [2.75, 3.05) is 32.8 Å². The zero-order chi connectivity index (χ0) is 22.5. The van der Waals surface area contributed by atoms with Gasteiger partial charge in [0, 0.05) is 32.6 Å². The van der Waals surface area contributed by atoms with E-state index in [1.807, 2.05) is 17.9 Å². The summed E-state index contributed by atoms with van der Waals surface area (Å²) in [6.07, 6.45) is 0.340. The normalized spacial score (nSPS) is 15.2. The van der Waals surface area contributed by atoms with Crippen LogP contribution < -0.4 is 10.6 Å². The first-order chi connectivity index (χ1) is 14.9. The van der Waals surface area contributed by atoms with Crippen molar-refractivity contribution in [2.24, 2.45) is 4.99 Å². The number of alkyl halides is 3. The van der Waals surface area contributed by atoms with Gasteiger partial charge in [-0.05, 0) is 37.3 Å². The van der Waals surface area contributed by atoms with Crippen LogP contribution in [0.4, 0.5) is 13.2 Å². The van der Waals surface area contributed by atoms with Gasteiger partial charge in [-0.25, -0.2) is 4.99 Å². The predicted octanol–water partition coefficient (Wildman–Crippen LogP) is 4.23. The Labute approximate surface area is 205 Å². The van der Waals surface area contributed by atoms with Crippen LogP contribution in [-0.2, 0) is 22.7 Å². The Morgan fingerprint density at radius 3 is 2.72 bits per heavy atom. The van der Waals surface area contributed by atoms with E-state index in [1.54, 1.807) is 18.2 Å². The topological polar surface area (TPSA) is 66.0 Å². The van der Waals surface area contributed by atoms with Gasteiger partial charge in [-0.15, -0.1) is 24.0 Å². The molecule has 6 nitrogen and oxygen atoms in total. The third-order valence-electron chi connectivity index (χ3n) is 4.86. The van der Waals surface area contributed by atoms with Gasteiger partial charge >= 0.3 is 6.18 Å². The lowest BCUT2D eigenvalue weighted by Crippen LogP contribution is -2.39. The van der Waals surface area contributed by atoms with Crippen molar-refractivity contribution in [2.45, 2.75) is 58.4 Å². The zero-order valence-corrected chi connectivity index (χ0v) is 20.9. The second kappa shape index (κ2) is 15.3. The third-order valence-corrected chi connectivity index (χ3v) is 4.86. The highest BCUT2D eigenvalue weighted by Crippen LogP contribution is 2.16. The number of amides is 1. The molecular formula is C22H34F3IN4O2. The molecule has 0 unspecified atom stereocenters. The summed E-state index contributed by atoms with van der Waals surface area (Å²) in [6.45, 7) is 4.01. The van der Waals surface area contributed by atoms with Crippen LogP contribution in [0.1, 0.15) is 50.2 Å². The molecule has 0 bridgehead atoms. The summed E-state index contributed by atoms with van der Waals surface area (Å²) in [5.74, 6) is 0.917. The SMILES string of the molecule is CCNC(=NCc1cccc(COCC(F)(F)F)c1)NCCCN1CCCCCC1=O.I. The Morgan fingerprint density at radius 2 is 1.97 bits per heavy atom. The van der Waals surface area contributed by atoms with Crippen molar-refractivity contribution in [1.82, 2.24) is 15.5 Å². The lowest BCUT2D eigenvalue weighted by atomic mass is 10.1. The fourth-order valence-corrected chi connectivity index (χ4v) is 3.37. The number of nitrogens with zero attached hydrogens (tertiary/aromatic N) is 2. The van der Waals surface area contributed by atoms with Gasteiger partial charge in [-0.1, -0.05) is 30.7 Å². The number of hydrogen-bond donors (Lipinski definition) is 2. The van der Waals surface area contributed by atoms with Gasteiger partial charge in [0.05, 0.1) is 13.2 Å². The van der Waals surface area contributed by atoms with Crippen LogP contribution in [0.5, 0.6) is 0 Å². The number of rotatable bonds is 10. The predicted molar refractivity (Wildman–Crippen MR) is 130 cm³/mol. The molecule has 0 radical (unpaired) electrons. The van der Waals surface area contributed by atoms with Crippen LogP contribution in [0.2, 0.25) is 0 Å². The standard InChI is InChI=1S/C22H33F3N4O2.HI/c1-2-26-21(27-11-7-13-29-12-5-3-4-10-20(29)30)28-15-18-8-6-9-19(14-18)16-31-17-22(23,24)25;/h6,8-9,14H,2-5,7,10-13,15-17H2,1H3,(H2,26,27,28);1H. The van der Waals surface area contributed by atoms with Gasteiger partial charge in [0.15, 0.2) is 5.96 Å². The minimum absolute atomic E-state index is 0. The molecule has 182 valence electrons. The molecule has 1 amide bonds. The number of hydrogen-bond acceptors (Lipinski definition) is 3. The Hall–Kier alpha value is -1.56. The van der Waals surface area contributed by atoms with Crippen LogP contribution in [0, 0.1) is 0 Å². The molecular weight excluding hydrogens is 536 g/mol. The van der Waals surface area contributed by atoms with Gasteiger partial charge in [0.25, 0.3) is 0 Å². The minimum atomic E-state index is -4.32. The zero-order valence-electron chi connectivity index (χ0n) is 18.5. The molecule has 1 aromatic carbocycles. The molecule has 1 aliphatic rings. The average molecular weight is 570 g/mol. The van der Waals surface area contributed by atoms with E-state index in [1.165, 1.54) is 0 Å². The fraction of sp³-hybridized carbons (Fsp3) is 0.636. The summed E-state index contributed by atoms with van der Waals surface area (Å²) in [5.41, 5.74) is 1.57. The summed E-state index contributed by atoms with van der Waals surface area (Å²) >= 11 is 0. The summed E-state index contributed by atoms with van der Waals surface area (Å²) in [7, 11) is 0. The van der Waals surface area contributed by atoms with Gasteiger partial charge < -0.3 is 20.3 Å². The second-order valence-corrected chi connectivity index (χ2v) is 7.59. The molecule has 32 heavy (non-hydrogen) atoms. The van der Waals surface area contributed by atoms with Crippen LogP contribution in [0.25, 0.3) is 0 Å². The molecule has 0 spiro atoms. The molecule has 0 atom stereocenters. The molecule has 2 N–H and O–H groups in total. The highest BCUT2D eigenvalue weighted by molar-refractivity contribution is 14.0. The molecule has 0 aliphatic carbocycles. The molecule has 1 heterocycles. The van der Waals surface area contributed by atoms with E-state index < -0.39 is 12.8 Å². The maximum atomic E-state index is 12.2. The van der Waals surface area contributed by atoms with Gasteiger partial charge in [0.2, 0.25) is 5.91 Å². The van der Waals surface area contributed by atoms with E-state index in [-0.39, 0.29) is 36.5 Å². The van der Waals surface area contributed by atoms with Crippen LogP contribution >= 0.6 is 24.0 Å². The highest BCUT2D eigenvalue weighted by Gasteiger charge is 2.27. The van der Waals surface area contributed by atoms with Crippen molar-refractivity contribution in [3.05, 3.63) is 35.4 Å². The van der Waals surface area contributed by atoms with E-state index in [2.05, 4.69) is 15.6 Å².